The first-order valence-corrected chi connectivity index (χ1v) is 14.5. The van der Waals surface area contributed by atoms with Crippen LogP contribution in [0.2, 0.25) is 0 Å². The van der Waals surface area contributed by atoms with E-state index < -0.39 is 108 Å². The monoisotopic (exact) mass is 648 g/mol. The molecule has 10 N–H and O–H groups in total. The summed E-state index contributed by atoms with van der Waals surface area (Å²) in [6.45, 7) is 7.95. The van der Waals surface area contributed by atoms with Crippen molar-refractivity contribution in [1.82, 2.24) is 26.6 Å². The van der Waals surface area contributed by atoms with Crippen molar-refractivity contribution in [1.29, 1.82) is 0 Å². The van der Waals surface area contributed by atoms with Crippen LogP contribution in [0.3, 0.4) is 0 Å². The average Bonchev–Trinajstić information content (AvgIpc) is 2.92. The molecule has 0 rings (SSSR count). The fourth-order valence-electron chi connectivity index (χ4n) is 3.71. The Bertz CT molecular complexity index is 1070. The van der Waals surface area contributed by atoms with Gasteiger partial charge in [0.1, 0.15) is 30.2 Å². The molecule has 5 amide bonds. The van der Waals surface area contributed by atoms with Gasteiger partial charge in [0, 0.05) is 12.2 Å². The number of nitrogens with one attached hydrogen (secondary N) is 5. The van der Waals surface area contributed by atoms with Gasteiger partial charge in [-0.3, -0.25) is 33.6 Å². The van der Waals surface area contributed by atoms with Crippen molar-refractivity contribution in [3.63, 3.8) is 0 Å². The number of rotatable bonds is 20. The van der Waals surface area contributed by atoms with Crippen molar-refractivity contribution in [2.75, 3.05) is 5.75 Å². The SMILES string of the molecule is CC[C@H](NC(=O)[C@@H](NC(=O)[C@@H](NC(=O)[C@H](CC(=O)O)NC(=O)[C@@H](N)CCC(=O)O)C(C)C)C(C)C)C(=O)N[C@H](CS)C(=O)O. The van der Waals surface area contributed by atoms with E-state index in [-0.39, 0.29) is 18.6 Å². The molecule has 44 heavy (non-hydrogen) atoms. The molecule has 0 bridgehead atoms. The molecule has 0 aromatic carbocycles. The lowest BCUT2D eigenvalue weighted by atomic mass is 9.98. The van der Waals surface area contributed by atoms with E-state index in [1.54, 1.807) is 34.6 Å². The van der Waals surface area contributed by atoms with Crippen molar-refractivity contribution in [2.45, 2.75) is 96.6 Å². The Hall–Kier alpha value is -3.93. The molecule has 250 valence electrons. The van der Waals surface area contributed by atoms with Crippen molar-refractivity contribution >= 4 is 60.1 Å². The molecule has 6 atom stereocenters. The zero-order valence-electron chi connectivity index (χ0n) is 25.3. The number of nitrogens with two attached hydrogens (primary N) is 1. The number of hydrogen-bond donors (Lipinski definition) is 10. The number of carbonyl (C=O) groups excluding carboxylic acids is 5. The maximum atomic E-state index is 13.3. The molecule has 0 saturated carbocycles. The van der Waals surface area contributed by atoms with Crippen LogP contribution < -0.4 is 32.3 Å². The summed E-state index contributed by atoms with van der Waals surface area (Å²) in [7, 11) is 0. The Morgan fingerprint density at radius 3 is 1.48 bits per heavy atom. The lowest BCUT2D eigenvalue weighted by Crippen LogP contribution is -2.61. The lowest BCUT2D eigenvalue weighted by molar-refractivity contribution is -0.142. The fraction of sp³-hybridized carbons (Fsp3) is 0.692. The third-order valence-corrected chi connectivity index (χ3v) is 6.72. The zero-order valence-corrected chi connectivity index (χ0v) is 26.2. The third kappa shape index (κ3) is 14.0. The van der Waals surface area contributed by atoms with Gasteiger partial charge in [-0.15, -0.1) is 0 Å². The van der Waals surface area contributed by atoms with E-state index in [1.807, 2.05) is 0 Å². The number of carboxylic acid groups (broad SMARTS) is 3. The Morgan fingerprint density at radius 2 is 1.07 bits per heavy atom. The lowest BCUT2D eigenvalue weighted by Gasteiger charge is -2.29. The number of carboxylic acids is 3. The Balaban J connectivity index is 5.74. The Kier molecular flexibility index (Phi) is 17.6. The van der Waals surface area contributed by atoms with Crippen LogP contribution in [-0.2, 0) is 38.4 Å². The van der Waals surface area contributed by atoms with Crippen molar-refractivity contribution in [3.8, 4) is 0 Å². The van der Waals surface area contributed by atoms with E-state index in [0.717, 1.165) is 0 Å². The van der Waals surface area contributed by atoms with E-state index in [4.69, 9.17) is 15.9 Å². The number of carbonyl (C=O) groups is 8. The highest BCUT2D eigenvalue weighted by Gasteiger charge is 2.35. The van der Waals surface area contributed by atoms with Crippen LogP contribution in [0.1, 0.15) is 60.3 Å². The standard InChI is InChI=1S/C26H44N6O11S/c1-6-14(22(38)30-16(10-44)26(42)43)28-24(40)19(11(2)3)32-25(41)20(12(4)5)31-23(39)15(9-18(35)36)29-21(37)13(27)7-8-17(33)34/h11-16,19-20,44H,6-10,27H2,1-5H3,(H,28,40)(H,29,37)(H,30,38)(H,31,39)(H,32,41)(H,33,34)(H,35,36)(H,42,43)/t13-,14-,15-,16+,19-,20-/m0/s1. The molecule has 0 aromatic heterocycles. The van der Waals surface area contributed by atoms with E-state index in [1.165, 1.54) is 0 Å². The van der Waals surface area contributed by atoms with Gasteiger partial charge in [0.15, 0.2) is 0 Å². The second-order valence-electron chi connectivity index (χ2n) is 10.7. The molecule has 17 nitrogen and oxygen atoms in total. The van der Waals surface area contributed by atoms with Gasteiger partial charge >= 0.3 is 17.9 Å². The van der Waals surface area contributed by atoms with E-state index in [9.17, 15) is 43.5 Å². The topological polar surface area (TPSA) is 283 Å². The van der Waals surface area contributed by atoms with Crippen molar-refractivity contribution in [3.05, 3.63) is 0 Å². The first-order chi connectivity index (χ1) is 20.4. The number of aliphatic carboxylic acids is 3. The highest BCUT2D eigenvalue weighted by atomic mass is 32.1. The normalized spacial score (nSPS) is 15.1. The fourth-order valence-corrected chi connectivity index (χ4v) is 3.96. The largest absolute Gasteiger partial charge is 0.481 e. The van der Waals surface area contributed by atoms with Crippen molar-refractivity contribution < 1.29 is 53.7 Å². The van der Waals surface area contributed by atoms with Gasteiger partial charge in [0.25, 0.3) is 0 Å². The number of hydrogen-bond acceptors (Lipinski definition) is 10. The molecule has 0 radical (unpaired) electrons. The summed E-state index contributed by atoms with van der Waals surface area (Å²) >= 11 is 3.89. The summed E-state index contributed by atoms with van der Waals surface area (Å²) in [5.74, 6) is -9.60. The summed E-state index contributed by atoms with van der Waals surface area (Å²) in [5.41, 5.74) is 5.65. The van der Waals surface area contributed by atoms with Crippen LogP contribution in [0.5, 0.6) is 0 Å². The second kappa shape index (κ2) is 19.4. The quantitative estimate of drug-likeness (QED) is 0.0631. The van der Waals surface area contributed by atoms with Gasteiger partial charge in [0.2, 0.25) is 29.5 Å². The van der Waals surface area contributed by atoms with Crippen LogP contribution in [0.25, 0.3) is 0 Å². The molecular weight excluding hydrogens is 604 g/mol. The number of amides is 5. The van der Waals surface area contributed by atoms with E-state index in [2.05, 4.69) is 39.2 Å². The third-order valence-electron chi connectivity index (χ3n) is 6.35. The molecule has 0 aliphatic rings. The summed E-state index contributed by atoms with van der Waals surface area (Å²) < 4.78 is 0. The van der Waals surface area contributed by atoms with E-state index >= 15 is 0 Å². The van der Waals surface area contributed by atoms with Crippen molar-refractivity contribution in [2.24, 2.45) is 17.6 Å². The van der Waals surface area contributed by atoms with Crippen LogP contribution >= 0.6 is 12.6 Å². The summed E-state index contributed by atoms with van der Waals surface area (Å²) in [6.07, 6.45) is -1.49. The van der Waals surface area contributed by atoms with Gasteiger partial charge in [-0.05, 0) is 24.7 Å². The molecule has 0 aromatic rings. The van der Waals surface area contributed by atoms with Gasteiger partial charge in [0.05, 0.1) is 12.5 Å². The predicted molar refractivity (Wildman–Crippen MR) is 158 cm³/mol. The van der Waals surface area contributed by atoms with Crippen LogP contribution in [0, 0.1) is 11.8 Å². The molecule has 0 saturated heterocycles. The van der Waals surface area contributed by atoms with Gasteiger partial charge in [-0.1, -0.05) is 34.6 Å². The molecule has 0 spiro atoms. The second-order valence-corrected chi connectivity index (χ2v) is 11.1. The molecule has 0 aliphatic carbocycles. The van der Waals surface area contributed by atoms with Gasteiger partial charge < -0.3 is 47.6 Å². The van der Waals surface area contributed by atoms with Gasteiger partial charge in [-0.2, -0.15) is 12.6 Å². The molecule has 0 unspecified atom stereocenters. The zero-order chi connectivity index (χ0) is 34.3. The smallest absolute Gasteiger partial charge is 0.327 e. The minimum absolute atomic E-state index is 0.0938. The minimum atomic E-state index is -1.66. The summed E-state index contributed by atoms with van der Waals surface area (Å²) in [6, 6.07) is -7.93. The average molecular weight is 649 g/mol. The highest BCUT2D eigenvalue weighted by Crippen LogP contribution is 2.09. The molecule has 0 heterocycles. The molecule has 0 aliphatic heterocycles. The van der Waals surface area contributed by atoms with Crippen LogP contribution in [0.15, 0.2) is 0 Å². The maximum Gasteiger partial charge on any atom is 0.327 e. The number of thiol groups is 1. The first-order valence-electron chi connectivity index (χ1n) is 13.9. The Morgan fingerprint density at radius 1 is 0.636 bits per heavy atom. The van der Waals surface area contributed by atoms with Crippen LogP contribution in [0.4, 0.5) is 0 Å². The summed E-state index contributed by atoms with van der Waals surface area (Å²) in [5, 5.41) is 39.0. The molecule has 18 heteroatoms. The van der Waals surface area contributed by atoms with Crippen LogP contribution in [-0.4, -0.2) is 105 Å². The molecular formula is C26H44N6O11S. The predicted octanol–water partition coefficient (Wildman–Crippen LogP) is -2.19. The van der Waals surface area contributed by atoms with Gasteiger partial charge in [-0.25, -0.2) is 4.79 Å². The minimum Gasteiger partial charge on any atom is -0.481 e. The molecule has 0 fully saturated rings. The highest BCUT2D eigenvalue weighted by molar-refractivity contribution is 7.80. The summed E-state index contributed by atoms with van der Waals surface area (Å²) in [4.78, 5) is 97.7. The Labute approximate surface area is 260 Å². The first kappa shape index (κ1) is 40.1. The van der Waals surface area contributed by atoms with E-state index in [0.29, 0.717) is 0 Å². The maximum absolute atomic E-state index is 13.3.